The fourth-order valence-corrected chi connectivity index (χ4v) is 3.00. The quantitative estimate of drug-likeness (QED) is 0.875. The Balaban J connectivity index is 1.97. The molecule has 2 N–H and O–H groups in total. The Hall–Kier alpha value is -2.10. The molecular formula is C17H21N3O. The van der Waals surface area contributed by atoms with Crippen LogP contribution >= 0.6 is 0 Å². The number of hydrogen-bond donors (Lipinski definition) is 1. The number of nitrogens with zero attached hydrogens (tertiary/aromatic N) is 2. The monoisotopic (exact) mass is 283 g/mol. The Morgan fingerprint density at radius 1 is 1.24 bits per heavy atom. The van der Waals surface area contributed by atoms with Gasteiger partial charge in [-0.3, -0.25) is 4.79 Å². The van der Waals surface area contributed by atoms with Crippen molar-refractivity contribution in [1.82, 2.24) is 9.88 Å². The number of carbonyl (C=O) groups is 1. The van der Waals surface area contributed by atoms with E-state index in [0.717, 1.165) is 30.3 Å². The lowest BCUT2D eigenvalue weighted by molar-refractivity contribution is 0.0629. The third-order valence-electron chi connectivity index (χ3n) is 4.68. The first-order chi connectivity index (χ1) is 10.1. The number of hydrogen-bond acceptors (Lipinski definition) is 3. The molecule has 1 aliphatic rings. The first-order valence-electron chi connectivity index (χ1n) is 7.50. The number of carbonyl (C=O) groups excluding carboxylic acids is 1. The number of nitrogens with two attached hydrogens (primary N) is 1. The average molecular weight is 283 g/mol. The number of rotatable bonds is 1. The van der Waals surface area contributed by atoms with E-state index >= 15 is 0 Å². The Morgan fingerprint density at radius 2 is 1.95 bits per heavy atom. The van der Waals surface area contributed by atoms with E-state index in [9.17, 15) is 4.79 Å². The molecule has 2 unspecified atom stereocenters. The lowest BCUT2D eigenvalue weighted by Gasteiger charge is -2.35. The van der Waals surface area contributed by atoms with Gasteiger partial charge in [-0.25, -0.2) is 4.98 Å². The van der Waals surface area contributed by atoms with E-state index in [4.69, 9.17) is 5.73 Å². The summed E-state index contributed by atoms with van der Waals surface area (Å²) in [6.07, 6.45) is 2.68. The Kier molecular flexibility index (Phi) is 3.53. The number of anilines is 1. The summed E-state index contributed by atoms with van der Waals surface area (Å²) in [6, 6.07) is 7.70. The Bertz CT molecular complexity index is 683. The fraction of sp³-hybridized carbons (Fsp3) is 0.412. The molecule has 4 heteroatoms. The molecule has 1 fully saturated rings. The molecule has 1 aromatic heterocycles. The number of nitrogen functional groups attached to an aromatic ring is 1. The SMILES string of the molecule is CC1CCN(C(=O)c2cnc(N)c3ccccc23)CC1C. The second-order valence-electron chi connectivity index (χ2n) is 6.10. The van der Waals surface area contributed by atoms with Gasteiger partial charge in [0.25, 0.3) is 5.91 Å². The molecule has 0 bridgehead atoms. The van der Waals surface area contributed by atoms with E-state index < -0.39 is 0 Å². The standard InChI is InChI=1S/C17H21N3O/c1-11-7-8-20(10-12(11)2)17(21)15-9-19-16(18)14-6-4-3-5-13(14)15/h3-6,9,11-12H,7-8,10H2,1-2H3,(H2,18,19). The molecule has 2 aromatic rings. The van der Waals surface area contributed by atoms with Crippen molar-refractivity contribution in [2.75, 3.05) is 18.8 Å². The number of benzene rings is 1. The average Bonchev–Trinajstić information content (AvgIpc) is 2.50. The number of piperidine rings is 1. The highest BCUT2D eigenvalue weighted by atomic mass is 16.2. The zero-order chi connectivity index (χ0) is 15.0. The maximum Gasteiger partial charge on any atom is 0.256 e. The fourth-order valence-electron chi connectivity index (χ4n) is 3.00. The van der Waals surface area contributed by atoms with Gasteiger partial charge in [0, 0.05) is 24.7 Å². The van der Waals surface area contributed by atoms with Crippen LogP contribution in [0.2, 0.25) is 0 Å². The summed E-state index contributed by atoms with van der Waals surface area (Å²) in [6.45, 7) is 6.11. The van der Waals surface area contributed by atoms with Crippen LogP contribution in [-0.4, -0.2) is 28.9 Å². The van der Waals surface area contributed by atoms with Crippen molar-refractivity contribution >= 4 is 22.5 Å². The highest BCUT2D eigenvalue weighted by Gasteiger charge is 2.27. The van der Waals surface area contributed by atoms with Crippen molar-refractivity contribution in [1.29, 1.82) is 0 Å². The first-order valence-corrected chi connectivity index (χ1v) is 7.50. The number of amides is 1. The minimum atomic E-state index is 0.0671. The van der Waals surface area contributed by atoms with Crippen LogP contribution in [0.4, 0.5) is 5.82 Å². The molecule has 0 radical (unpaired) electrons. The van der Waals surface area contributed by atoms with Crippen molar-refractivity contribution in [2.45, 2.75) is 20.3 Å². The van der Waals surface area contributed by atoms with Gasteiger partial charge in [-0.1, -0.05) is 38.1 Å². The van der Waals surface area contributed by atoms with Crippen LogP contribution in [0.25, 0.3) is 10.8 Å². The predicted molar refractivity (Wildman–Crippen MR) is 85.0 cm³/mol. The minimum absolute atomic E-state index is 0.0671. The molecule has 0 saturated carbocycles. The summed E-state index contributed by atoms with van der Waals surface area (Å²) in [5, 5.41) is 1.74. The van der Waals surface area contributed by atoms with Crippen LogP contribution in [-0.2, 0) is 0 Å². The maximum absolute atomic E-state index is 12.8. The maximum atomic E-state index is 12.8. The molecular weight excluding hydrogens is 262 g/mol. The van der Waals surface area contributed by atoms with Crippen LogP contribution < -0.4 is 5.73 Å². The van der Waals surface area contributed by atoms with Crippen molar-refractivity contribution in [3.8, 4) is 0 Å². The molecule has 1 aliphatic heterocycles. The van der Waals surface area contributed by atoms with Gasteiger partial charge in [-0.2, -0.15) is 0 Å². The molecule has 2 heterocycles. The van der Waals surface area contributed by atoms with E-state index in [1.807, 2.05) is 29.2 Å². The number of pyridine rings is 1. The number of aromatic nitrogens is 1. The molecule has 0 spiro atoms. The van der Waals surface area contributed by atoms with Gasteiger partial charge in [-0.15, -0.1) is 0 Å². The normalized spacial score (nSPS) is 22.5. The van der Waals surface area contributed by atoms with Crippen molar-refractivity contribution in [2.24, 2.45) is 11.8 Å². The summed E-state index contributed by atoms with van der Waals surface area (Å²) in [7, 11) is 0. The first kappa shape index (κ1) is 13.9. The molecule has 4 nitrogen and oxygen atoms in total. The Morgan fingerprint density at radius 3 is 2.67 bits per heavy atom. The third kappa shape index (κ3) is 2.46. The summed E-state index contributed by atoms with van der Waals surface area (Å²) in [4.78, 5) is 19.0. The van der Waals surface area contributed by atoms with E-state index in [0.29, 0.717) is 23.2 Å². The zero-order valence-corrected chi connectivity index (χ0v) is 12.5. The van der Waals surface area contributed by atoms with Crippen LogP contribution in [0.3, 0.4) is 0 Å². The molecule has 21 heavy (non-hydrogen) atoms. The third-order valence-corrected chi connectivity index (χ3v) is 4.68. The highest BCUT2D eigenvalue weighted by Crippen LogP contribution is 2.27. The van der Waals surface area contributed by atoms with Crippen LogP contribution in [0.5, 0.6) is 0 Å². The van der Waals surface area contributed by atoms with E-state index in [2.05, 4.69) is 18.8 Å². The highest BCUT2D eigenvalue weighted by molar-refractivity contribution is 6.08. The van der Waals surface area contributed by atoms with Gasteiger partial charge >= 0.3 is 0 Å². The number of likely N-dealkylation sites (tertiary alicyclic amines) is 1. The van der Waals surface area contributed by atoms with Gasteiger partial charge < -0.3 is 10.6 Å². The van der Waals surface area contributed by atoms with Gasteiger partial charge in [-0.05, 0) is 23.6 Å². The van der Waals surface area contributed by atoms with Crippen LogP contribution in [0, 0.1) is 11.8 Å². The molecule has 1 saturated heterocycles. The lowest BCUT2D eigenvalue weighted by Crippen LogP contribution is -2.42. The van der Waals surface area contributed by atoms with Gasteiger partial charge in [0.15, 0.2) is 0 Å². The predicted octanol–water partition coefficient (Wildman–Crippen LogP) is 2.94. The molecule has 3 rings (SSSR count). The van der Waals surface area contributed by atoms with Gasteiger partial charge in [0.05, 0.1) is 5.56 Å². The molecule has 1 aromatic carbocycles. The molecule has 0 aliphatic carbocycles. The second-order valence-corrected chi connectivity index (χ2v) is 6.10. The molecule has 2 atom stereocenters. The number of fused-ring (bicyclic) bond motifs is 1. The van der Waals surface area contributed by atoms with Crippen LogP contribution in [0.15, 0.2) is 30.5 Å². The minimum Gasteiger partial charge on any atom is -0.383 e. The van der Waals surface area contributed by atoms with Crippen LogP contribution in [0.1, 0.15) is 30.6 Å². The van der Waals surface area contributed by atoms with Crippen molar-refractivity contribution < 1.29 is 4.79 Å². The van der Waals surface area contributed by atoms with Crippen molar-refractivity contribution in [3.05, 3.63) is 36.0 Å². The van der Waals surface area contributed by atoms with E-state index in [1.165, 1.54) is 0 Å². The second kappa shape index (κ2) is 5.35. The van der Waals surface area contributed by atoms with Gasteiger partial charge in [0.1, 0.15) is 5.82 Å². The zero-order valence-electron chi connectivity index (χ0n) is 12.5. The summed E-state index contributed by atoms with van der Waals surface area (Å²) in [5.74, 6) is 1.76. The smallest absolute Gasteiger partial charge is 0.256 e. The molecule has 110 valence electrons. The van der Waals surface area contributed by atoms with E-state index in [1.54, 1.807) is 6.20 Å². The lowest BCUT2D eigenvalue weighted by atomic mass is 9.88. The summed E-state index contributed by atoms with van der Waals surface area (Å²) in [5.41, 5.74) is 6.56. The van der Waals surface area contributed by atoms with Crippen molar-refractivity contribution in [3.63, 3.8) is 0 Å². The summed E-state index contributed by atoms with van der Waals surface area (Å²) < 4.78 is 0. The van der Waals surface area contributed by atoms with Gasteiger partial charge in [0.2, 0.25) is 0 Å². The Labute approximate surface area is 125 Å². The molecule has 1 amide bonds. The van der Waals surface area contributed by atoms with E-state index in [-0.39, 0.29) is 5.91 Å². The summed E-state index contributed by atoms with van der Waals surface area (Å²) >= 11 is 0. The largest absolute Gasteiger partial charge is 0.383 e. The topological polar surface area (TPSA) is 59.2 Å².